The van der Waals surface area contributed by atoms with Crippen molar-refractivity contribution in [1.82, 2.24) is 24.1 Å². The van der Waals surface area contributed by atoms with Crippen LogP contribution in [-0.2, 0) is 5.41 Å². The van der Waals surface area contributed by atoms with E-state index in [9.17, 15) is 0 Å². The number of rotatable bonds is 4. The molecule has 1 aliphatic carbocycles. The van der Waals surface area contributed by atoms with Crippen LogP contribution in [0.3, 0.4) is 0 Å². The van der Waals surface area contributed by atoms with Gasteiger partial charge < -0.3 is 4.57 Å². The number of para-hydroxylation sites is 2. The maximum absolute atomic E-state index is 6.75. The van der Waals surface area contributed by atoms with Gasteiger partial charge in [0.05, 0.1) is 22.1 Å². The molecule has 1 aliphatic rings. The van der Waals surface area contributed by atoms with Gasteiger partial charge in [-0.05, 0) is 52.6 Å². The molecule has 0 saturated heterocycles. The predicted octanol–water partition coefficient (Wildman–Crippen LogP) is 5.68. The third kappa shape index (κ3) is 4.81. The van der Waals surface area contributed by atoms with E-state index >= 15 is 0 Å². The Hall–Kier alpha value is -6.53. The first-order valence-electron chi connectivity index (χ1n) is 19.2. The van der Waals surface area contributed by atoms with Crippen molar-refractivity contribution < 1.29 is 0 Å². The van der Waals surface area contributed by atoms with Gasteiger partial charge in [-0.25, -0.2) is 4.98 Å². The zero-order valence-corrected chi connectivity index (χ0v) is 31.8. The molecule has 0 aliphatic heterocycles. The summed E-state index contributed by atoms with van der Waals surface area (Å²) in [4.78, 5) is 15.7. The highest BCUT2D eigenvalue weighted by molar-refractivity contribution is 6.68. The predicted molar refractivity (Wildman–Crippen MR) is 244 cm³/mol. The Morgan fingerprint density at radius 1 is 0.414 bits per heavy atom. The molecule has 10 aromatic rings. The molecular formula is C48H28B5N5. The van der Waals surface area contributed by atoms with E-state index in [1.807, 2.05) is 59.2 Å². The van der Waals surface area contributed by atoms with Gasteiger partial charge in [-0.2, -0.15) is 9.97 Å². The molecule has 7 aromatic carbocycles. The summed E-state index contributed by atoms with van der Waals surface area (Å²) in [7, 11) is 32.7. The standard InChI is InChI=1S/C48H28B5N5/c1-48(2)33-17-9-6-14-27(33)30-22-26(20-21-34(30)48)46-54-45(25-12-4-3-5-13-25)55-47(56-46)58-36-19-11-8-16-29(36)32-23-31-28-15-7-10-18-35(28)57(37(31)24-38(32)58)44-42(52)40(50)39(49)41(51)43(44)53/h3-24H,1-2H3. The molecule has 5 nitrogen and oxygen atoms in total. The van der Waals surface area contributed by atoms with Gasteiger partial charge in [0.25, 0.3) is 0 Å². The van der Waals surface area contributed by atoms with E-state index in [1.54, 1.807) is 0 Å². The molecular weight excluding hydrogens is 701 g/mol. The Morgan fingerprint density at radius 2 is 0.948 bits per heavy atom. The summed E-state index contributed by atoms with van der Waals surface area (Å²) >= 11 is 0. The fourth-order valence-corrected chi connectivity index (χ4v) is 9.13. The summed E-state index contributed by atoms with van der Waals surface area (Å²) in [5.41, 5.74) is 11.8. The number of aromatic nitrogens is 5. The van der Waals surface area contributed by atoms with Crippen LogP contribution in [0.1, 0.15) is 25.0 Å². The minimum atomic E-state index is -0.125. The van der Waals surface area contributed by atoms with Crippen LogP contribution in [0, 0.1) is 0 Å². The van der Waals surface area contributed by atoms with Crippen LogP contribution >= 0.6 is 0 Å². The molecule has 0 unspecified atom stereocenters. The molecule has 0 fully saturated rings. The van der Waals surface area contributed by atoms with Crippen LogP contribution in [0.4, 0.5) is 0 Å². The number of benzene rings is 7. The van der Waals surface area contributed by atoms with Gasteiger partial charge in [-0.3, -0.25) is 4.57 Å². The summed E-state index contributed by atoms with van der Waals surface area (Å²) in [5.74, 6) is 1.62. The highest BCUT2D eigenvalue weighted by Crippen LogP contribution is 2.49. The summed E-state index contributed by atoms with van der Waals surface area (Å²) < 4.78 is 4.15. The lowest BCUT2D eigenvalue weighted by atomic mass is 9.61. The molecule has 3 aromatic heterocycles. The highest BCUT2D eigenvalue weighted by atomic mass is 15.2. The third-order valence-corrected chi connectivity index (χ3v) is 12.1. The Labute approximate surface area is 342 Å². The first kappa shape index (κ1) is 34.7. The lowest BCUT2D eigenvalue weighted by Crippen LogP contribution is -2.56. The lowest BCUT2D eigenvalue weighted by Gasteiger charge is -2.23. The summed E-state index contributed by atoms with van der Waals surface area (Å²) in [6, 6.07) is 46.1. The number of hydrogen-bond acceptors (Lipinski definition) is 3. The van der Waals surface area contributed by atoms with Crippen LogP contribution in [0.2, 0.25) is 0 Å². The first-order chi connectivity index (χ1) is 28.1. The highest BCUT2D eigenvalue weighted by Gasteiger charge is 2.35. The van der Waals surface area contributed by atoms with Crippen molar-refractivity contribution in [1.29, 1.82) is 0 Å². The van der Waals surface area contributed by atoms with Crippen LogP contribution in [0.5, 0.6) is 0 Å². The topological polar surface area (TPSA) is 48.5 Å². The third-order valence-electron chi connectivity index (χ3n) is 12.1. The second-order valence-electron chi connectivity index (χ2n) is 15.6. The molecule has 0 spiro atoms. The van der Waals surface area contributed by atoms with Crippen molar-refractivity contribution in [3.63, 3.8) is 0 Å². The molecule has 0 N–H and O–H groups in total. The summed E-state index contributed by atoms with van der Waals surface area (Å²) in [6.45, 7) is 4.56. The fourth-order valence-electron chi connectivity index (χ4n) is 9.13. The Bertz CT molecular complexity index is 3360. The van der Waals surface area contributed by atoms with Crippen molar-refractivity contribution in [3.05, 3.63) is 145 Å². The largest absolute Gasteiger partial charge is 0.310 e. The average Bonchev–Trinajstić information content (AvgIpc) is 3.84. The number of fused-ring (bicyclic) bond motifs is 9. The molecule has 3 heterocycles. The lowest BCUT2D eigenvalue weighted by molar-refractivity contribution is 0.660. The Kier molecular flexibility index (Phi) is 7.47. The van der Waals surface area contributed by atoms with Crippen LogP contribution in [0.25, 0.3) is 89.2 Å². The van der Waals surface area contributed by atoms with Crippen molar-refractivity contribution in [3.8, 4) is 45.5 Å². The molecule has 0 atom stereocenters. The van der Waals surface area contributed by atoms with E-state index in [1.165, 1.54) is 22.3 Å². The van der Waals surface area contributed by atoms with Crippen molar-refractivity contribution in [2.24, 2.45) is 0 Å². The van der Waals surface area contributed by atoms with Gasteiger partial charge in [0, 0.05) is 43.8 Å². The molecule has 0 saturated carbocycles. The van der Waals surface area contributed by atoms with Gasteiger partial charge in [0.15, 0.2) is 11.6 Å². The minimum Gasteiger partial charge on any atom is -0.310 e. The van der Waals surface area contributed by atoms with Crippen LogP contribution < -0.4 is 27.3 Å². The Balaban J connectivity index is 1.22. The first-order valence-corrected chi connectivity index (χ1v) is 19.2. The molecule has 10 radical (unpaired) electrons. The molecule has 0 amide bonds. The van der Waals surface area contributed by atoms with E-state index in [0.717, 1.165) is 54.7 Å². The van der Waals surface area contributed by atoms with Crippen molar-refractivity contribution >= 4 is 110 Å². The quantitative estimate of drug-likeness (QED) is 0.220. The average molecular weight is 729 g/mol. The van der Waals surface area contributed by atoms with E-state index < -0.39 is 0 Å². The van der Waals surface area contributed by atoms with Crippen LogP contribution in [-0.4, -0.2) is 63.3 Å². The molecule has 58 heavy (non-hydrogen) atoms. The SMILES string of the molecule is [B]c1c([B])c([B])c(-n2c3ccccc3c3cc4c5ccccc5n(-c5nc(-c6ccccc6)nc(-c6ccc7c(c6)-c6ccccc6C7(C)C)n5)c4cc32)c([B])c1[B]. The van der Waals surface area contributed by atoms with Gasteiger partial charge in [-0.1, -0.05) is 128 Å². The minimum absolute atomic E-state index is 0.125. The molecule has 11 rings (SSSR count). The van der Waals surface area contributed by atoms with E-state index in [4.69, 9.17) is 54.2 Å². The normalized spacial score (nSPS) is 13.1. The maximum Gasteiger partial charge on any atom is 0.238 e. The second kappa shape index (κ2) is 12.5. The van der Waals surface area contributed by atoms with Gasteiger partial charge in [-0.15, -0.1) is 16.4 Å². The van der Waals surface area contributed by atoms with Crippen molar-refractivity contribution in [2.45, 2.75) is 19.3 Å². The molecule has 10 heteroatoms. The molecule has 0 bridgehead atoms. The second-order valence-corrected chi connectivity index (χ2v) is 15.6. The van der Waals surface area contributed by atoms with Gasteiger partial charge in [0.1, 0.15) is 39.2 Å². The van der Waals surface area contributed by atoms with Gasteiger partial charge >= 0.3 is 0 Å². The summed E-state index contributed by atoms with van der Waals surface area (Å²) in [6.07, 6.45) is 0. The summed E-state index contributed by atoms with van der Waals surface area (Å²) in [5, 5.41) is 4.10. The molecule has 260 valence electrons. The number of nitrogens with zero attached hydrogens (tertiary/aromatic N) is 5. The zero-order valence-electron chi connectivity index (χ0n) is 31.8. The van der Waals surface area contributed by atoms with Gasteiger partial charge in [0.2, 0.25) is 5.95 Å². The van der Waals surface area contributed by atoms with E-state index in [0.29, 0.717) is 23.3 Å². The number of hydrogen-bond donors (Lipinski definition) is 0. The van der Waals surface area contributed by atoms with Crippen molar-refractivity contribution in [2.75, 3.05) is 0 Å². The van der Waals surface area contributed by atoms with Crippen LogP contribution in [0.15, 0.2) is 133 Å². The smallest absolute Gasteiger partial charge is 0.238 e. The van der Waals surface area contributed by atoms with E-state index in [2.05, 4.69) is 97.3 Å². The zero-order chi connectivity index (χ0) is 39.6. The monoisotopic (exact) mass is 729 g/mol. The maximum atomic E-state index is 6.75. The Morgan fingerprint density at radius 3 is 1.64 bits per heavy atom. The van der Waals surface area contributed by atoms with E-state index in [-0.39, 0.29) is 32.7 Å². The fraction of sp³-hybridized carbons (Fsp3) is 0.0625.